The van der Waals surface area contributed by atoms with Gasteiger partial charge in [0, 0.05) is 37.6 Å². The van der Waals surface area contributed by atoms with E-state index < -0.39 is 0 Å². The largest absolute Gasteiger partial charge is 0.376 e. The third-order valence-corrected chi connectivity index (χ3v) is 4.89. The van der Waals surface area contributed by atoms with Crippen molar-refractivity contribution in [1.29, 1.82) is 0 Å². The highest BCUT2D eigenvalue weighted by molar-refractivity contribution is 6.30. The molecule has 0 amide bonds. The Balaban J connectivity index is 1.68. The van der Waals surface area contributed by atoms with Crippen LogP contribution in [0.1, 0.15) is 12.8 Å². The van der Waals surface area contributed by atoms with E-state index in [1.807, 2.05) is 12.1 Å². The summed E-state index contributed by atoms with van der Waals surface area (Å²) in [6.45, 7) is 1.44. The Morgan fingerprint density at radius 1 is 1.30 bits per heavy atom. The summed E-state index contributed by atoms with van der Waals surface area (Å²) in [5.74, 6) is 1.78. The van der Waals surface area contributed by atoms with Crippen LogP contribution in [0.2, 0.25) is 5.02 Å². The highest BCUT2D eigenvalue weighted by atomic mass is 35.5. The topological polar surface area (TPSA) is 81.1 Å². The lowest BCUT2D eigenvalue weighted by Crippen LogP contribution is -2.23. The van der Waals surface area contributed by atoms with Gasteiger partial charge in [0.15, 0.2) is 0 Å². The lowest BCUT2D eigenvalue weighted by atomic mass is 10.2. The second-order valence-electron chi connectivity index (χ2n) is 6.52. The van der Waals surface area contributed by atoms with Crippen LogP contribution in [0.25, 0.3) is 10.8 Å². The number of fused-ring (bicyclic) bond motifs is 1. The average molecular weight is 386 g/mol. The van der Waals surface area contributed by atoms with E-state index in [2.05, 4.69) is 20.6 Å². The van der Waals surface area contributed by atoms with Crippen molar-refractivity contribution < 1.29 is 4.74 Å². The molecule has 1 aliphatic heterocycles. The van der Waals surface area contributed by atoms with Gasteiger partial charge in [-0.05, 0) is 42.5 Å². The lowest BCUT2D eigenvalue weighted by molar-refractivity contribution is 0.120. The molecule has 140 valence electrons. The maximum Gasteiger partial charge on any atom is 0.263 e. The molecule has 0 saturated carbocycles. The molecule has 1 fully saturated rings. The van der Waals surface area contributed by atoms with Gasteiger partial charge in [-0.1, -0.05) is 11.6 Å². The SMILES string of the molecule is Cn1c(Nc2cc(Cl)ccn2)cc2ccnc(NC[C@@H]3CCCO3)c2c1=O. The molecule has 0 radical (unpaired) electrons. The van der Waals surface area contributed by atoms with Crippen molar-refractivity contribution in [2.24, 2.45) is 7.05 Å². The van der Waals surface area contributed by atoms with Crippen LogP contribution < -0.4 is 16.2 Å². The summed E-state index contributed by atoms with van der Waals surface area (Å²) in [5.41, 5.74) is -0.139. The summed E-state index contributed by atoms with van der Waals surface area (Å²) < 4.78 is 7.18. The van der Waals surface area contributed by atoms with Crippen molar-refractivity contribution in [3.05, 3.63) is 52.0 Å². The van der Waals surface area contributed by atoms with Gasteiger partial charge in [0.25, 0.3) is 5.56 Å². The first-order valence-electron chi connectivity index (χ1n) is 8.84. The van der Waals surface area contributed by atoms with E-state index in [1.165, 1.54) is 0 Å². The van der Waals surface area contributed by atoms with Gasteiger partial charge in [-0.2, -0.15) is 0 Å². The lowest BCUT2D eigenvalue weighted by Gasteiger charge is -2.15. The van der Waals surface area contributed by atoms with E-state index in [0.717, 1.165) is 24.8 Å². The molecule has 7 nitrogen and oxygen atoms in total. The van der Waals surface area contributed by atoms with Crippen molar-refractivity contribution in [2.45, 2.75) is 18.9 Å². The van der Waals surface area contributed by atoms with Crippen molar-refractivity contribution in [1.82, 2.24) is 14.5 Å². The van der Waals surface area contributed by atoms with Gasteiger partial charge in [0.1, 0.15) is 17.5 Å². The fraction of sp³-hybridized carbons (Fsp3) is 0.316. The molecular formula is C19H20ClN5O2. The molecule has 1 saturated heterocycles. The minimum Gasteiger partial charge on any atom is -0.376 e. The maximum atomic E-state index is 13.0. The Morgan fingerprint density at radius 3 is 2.93 bits per heavy atom. The Kier molecular flexibility index (Phi) is 4.96. The third kappa shape index (κ3) is 3.74. The average Bonchev–Trinajstić information content (AvgIpc) is 3.17. The number of nitrogens with one attached hydrogen (secondary N) is 2. The molecule has 4 heterocycles. The molecular weight excluding hydrogens is 366 g/mol. The quantitative estimate of drug-likeness (QED) is 0.701. The number of nitrogens with zero attached hydrogens (tertiary/aromatic N) is 3. The highest BCUT2D eigenvalue weighted by Gasteiger charge is 2.17. The van der Waals surface area contributed by atoms with Gasteiger partial charge in [-0.3, -0.25) is 9.36 Å². The van der Waals surface area contributed by atoms with Crippen LogP contribution in [0, 0.1) is 0 Å². The van der Waals surface area contributed by atoms with Crippen LogP contribution in [0.3, 0.4) is 0 Å². The molecule has 0 unspecified atom stereocenters. The van der Waals surface area contributed by atoms with E-state index in [1.54, 1.807) is 36.1 Å². The van der Waals surface area contributed by atoms with Crippen molar-refractivity contribution in [3.63, 3.8) is 0 Å². The second kappa shape index (κ2) is 7.54. The summed E-state index contributed by atoms with van der Waals surface area (Å²) in [6, 6.07) is 7.13. The Labute approximate surface area is 161 Å². The fourth-order valence-corrected chi connectivity index (χ4v) is 3.38. The maximum absolute atomic E-state index is 13.0. The van der Waals surface area contributed by atoms with Crippen LogP contribution in [0.15, 0.2) is 41.5 Å². The van der Waals surface area contributed by atoms with E-state index in [0.29, 0.717) is 34.4 Å². The monoisotopic (exact) mass is 385 g/mol. The number of rotatable bonds is 5. The molecule has 0 aromatic carbocycles. The molecule has 8 heteroatoms. The summed E-state index contributed by atoms with van der Waals surface area (Å²) in [7, 11) is 1.71. The molecule has 27 heavy (non-hydrogen) atoms. The zero-order chi connectivity index (χ0) is 18.8. The zero-order valence-corrected chi connectivity index (χ0v) is 15.7. The number of anilines is 3. The predicted molar refractivity (Wildman–Crippen MR) is 107 cm³/mol. The number of ether oxygens (including phenoxy) is 1. The fourth-order valence-electron chi connectivity index (χ4n) is 3.22. The van der Waals surface area contributed by atoms with E-state index in [-0.39, 0.29) is 11.7 Å². The van der Waals surface area contributed by atoms with Crippen molar-refractivity contribution in [3.8, 4) is 0 Å². The van der Waals surface area contributed by atoms with Gasteiger partial charge in [-0.25, -0.2) is 9.97 Å². The summed E-state index contributed by atoms with van der Waals surface area (Å²) in [6.07, 6.45) is 5.57. The summed E-state index contributed by atoms with van der Waals surface area (Å²) >= 11 is 6.01. The van der Waals surface area contributed by atoms with E-state index in [9.17, 15) is 4.79 Å². The summed E-state index contributed by atoms with van der Waals surface area (Å²) in [5, 5.41) is 8.35. The van der Waals surface area contributed by atoms with Gasteiger partial charge in [0.2, 0.25) is 0 Å². The molecule has 3 aromatic rings. The number of pyridine rings is 3. The molecule has 4 rings (SSSR count). The number of hydrogen-bond donors (Lipinski definition) is 2. The molecule has 0 spiro atoms. The van der Waals surface area contributed by atoms with E-state index in [4.69, 9.17) is 16.3 Å². The Morgan fingerprint density at radius 2 is 2.15 bits per heavy atom. The highest BCUT2D eigenvalue weighted by Crippen LogP contribution is 2.23. The van der Waals surface area contributed by atoms with Crippen LogP contribution in [-0.2, 0) is 11.8 Å². The minimum atomic E-state index is -0.139. The summed E-state index contributed by atoms with van der Waals surface area (Å²) in [4.78, 5) is 21.6. The first-order chi connectivity index (χ1) is 13.1. The van der Waals surface area contributed by atoms with Gasteiger partial charge < -0.3 is 15.4 Å². The smallest absolute Gasteiger partial charge is 0.263 e. The molecule has 2 N–H and O–H groups in total. The Hall–Kier alpha value is -2.64. The molecule has 3 aromatic heterocycles. The normalized spacial score (nSPS) is 16.6. The second-order valence-corrected chi connectivity index (χ2v) is 6.95. The standard InChI is InChI=1S/C19H20ClN5O2/c1-25-16(24-15-10-13(20)5-7-21-15)9-12-4-6-22-18(17(12)19(25)26)23-11-14-3-2-8-27-14/h4-7,9-10,14H,2-3,8,11H2,1H3,(H,21,24)(H,22,23)/t14-/m0/s1. The molecule has 0 aliphatic carbocycles. The predicted octanol–water partition coefficient (Wildman–Crippen LogP) is 3.32. The van der Waals surface area contributed by atoms with Crippen LogP contribution in [0.5, 0.6) is 0 Å². The molecule has 1 atom stereocenters. The first kappa shape index (κ1) is 17.8. The number of aromatic nitrogens is 3. The van der Waals surface area contributed by atoms with Gasteiger partial charge in [-0.15, -0.1) is 0 Å². The van der Waals surface area contributed by atoms with Gasteiger partial charge >= 0.3 is 0 Å². The third-order valence-electron chi connectivity index (χ3n) is 4.65. The van der Waals surface area contributed by atoms with Crippen LogP contribution in [-0.4, -0.2) is 33.8 Å². The molecule has 0 bridgehead atoms. The first-order valence-corrected chi connectivity index (χ1v) is 9.22. The van der Waals surface area contributed by atoms with Crippen LogP contribution >= 0.6 is 11.6 Å². The number of halogens is 1. The van der Waals surface area contributed by atoms with Crippen molar-refractivity contribution >= 4 is 39.8 Å². The zero-order valence-electron chi connectivity index (χ0n) is 14.9. The number of hydrogen-bond acceptors (Lipinski definition) is 6. The molecule has 1 aliphatic rings. The van der Waals surface area contributed by atoms with E-state index >= 15 is 0 Å². The Bertz CT molecular complexity index is 1030. The van der Waals surface area contributed by atoms with Crippen LogP contribution in [0.4, 0.5) is 17.5 Å². The van der Waals surface area contributed by atoms with Crippen molar-refractivity contribution in [2.75, 3.05) is 23.8 Å². The minimum absolute atomic E-state index is 0.139. The van der Waals surface area contributed by atoms with Gasteiger partial charge in [0.05, 0.1) is 11.5 Å².